The average molecular weight is 207 g/mol. The summed E-state index contributed by atoms with van der Waals surface area (Å²) in [5.41, 5.74) is -0.0444. The van der Waals surface area contributed by atoms with Crippen molar-refractivity contribution >= 4 is 5.82 Å². The molecule has 0 bridgehead atoms. The third-order valence-corrected chi connectivity index (χ3v) is 3.05. The molecule has 1 fully saturated rings. The van der Waals surface area contributed by atoms with Gasteiger partial charge >= 0.3 is 0 Å². The zero-order valence-electron chi connectivity index (χ0n) is 9.23. The predicted octanol–water partition coefficient (Wildman–Crippen LogP) is 1.38. The molecule has 1 N–H and O–H groups in total. The van der Waals surface area contributed by atoms with Crippen molar-refractivity contribution in [3.05, 3.63) is 22.7 Å². The van der Waals surface area contributed by atoms with Gasteiger partial charge in [-0.2, -0.15) is 0 Å². The van der Waals surface area contributed by atoms with Gasteiger partial charge in [0.25, 0.3) is 5.56 Å². The zero-order chi connectivity index (χ0) is 10.8. The summed E-state index contributed by atoms with van der Waals surface area (Å²) in [7, 11) is 1.74. The first-order valence-electron chi connectivity index (χ1n) is 5.45. The van der Waals surface area contributed by atoms with Gasteiger partial charge in [-0.15, -0.1) is 0 Å². The van der Waals surface area contributed by atoms with E-state index < -0.39 is 0 Å². The molecule has 0 spiro atoms. The lowest BCUT2D eigenvalue weighted by molar-refractivity contribution is 0.602. The van der Waals surface area contributed by atoms with Crippen LogP contribution in [0.2, 0.25) is 0 Å². The molecule has 15 heavy (non-hydrogen) atoms. The van der Waals surface area contributed by atoms with E-state index in [1.165, 1.54) is 6.42 Å². The number of aryl methyl sites for hydroxylation is 1. The first-order chi connectivity index (χ1) is 7.16. The fourth-order valence-corrected chi connectivity index (χ4v) is 2.13. The fraction of sp³-hybridized carbons (Fsp3) is 0.636. The summed E-state index contributed by atoms with van der Waals surface area (Å²) in [6.45, 7) is 2.25. The van der Waals surface area contributed by atoms with Crippen LogP contribution in [0.1, 0.15) is 26.2 Å². The Labute approximate surface area is 89.3 Å². The second kappa shape index (κ2) is 4.04. The van der Waals surface area contributed by atoms with Crippen LogP contribution in [0.15, 0.2) is 17.2 Å². The van der Waals surface area contributed by atoms with Gasteiger partial charge < -0.3 is 9.88 Å². The summed E-state index contributed by atoms with van der Waals surface area (Å²) >= 11 is 0. The third kappa shape index (κ3) is 2.19. The molecule has 2 unspecified atom stereocenters. The lowest BCUT2D eigenvalue weighted by Gasteiger charge is -2.12. The van der Waals surface area contributed by atoms with E-state index in [9.17, 15) is 4.79 Å². The summed E-state index contributed by atoms with van der Waals surface area (Å²) in [6.07, 6.45) is 6.85. The van der Waals surface area contributed by atoms with Crippen LogP contribution in [-0.4, -0.2) is 15.6 Å². The Balaban J connectivity index is 2.11. The Morgan fingerprint density at radius 3 is 3.00 bits per heavy atom. The lowest BCUT2D eigenvalue weighted by atomic mass is 10.1. The molecule has 0 radical (unpaired) electrons. The molecule has 1 aliphatic carbocycles. The van der Waals surface area contributed by atoms with Gasteiger partial charge in [0.05, 0.1) is 0 Å². The van der Waals surface area contributed by atoms with Gasteiger partial charge in [0.15, 0.2) is 5.82 Å². The van der Waals surface area contributed by atoms with E-state index in [2.05, 4.69) is 17.2 Å². The maximum absolute atomic E-state index is 11.7. The smallest absolute Gasteiger partial charge is 0.293 e. The number of anilines is 1. The highest BCUT2D eigenvalue weighted by Crippen LogP contribution is 2.26. The van der Waals surface area contributed by atoms with Crippen LogP contribution >= 0.6 is 0 Å². The summed E-state index contributed by atoms with van der Waals surface area (Å²) < 4.78 is 1.55. The quantitative estimate of drug-likeness (QED) is 0.797. The van der Waals surface area contributed by atoms with E-state index in [-0.39, 0.29) is 5.56 Å². The highest BCUT2D eigenvalue weighted by molar-refractivity contribution is 5.32. The Bertz CT molecular complexity index is 399. The zero-order valence-corrected chi connectivity index (χ0v) is 9.23. The molecule has 2 atom stereocenters. The van der Waals surface area contributed by atoms with E-state index in [1.54, 1.807) is 24.0 Å². The molecule has 4 nitrogen and oxygen atoms in total. The summed E-state index contributed by atoms with van der Waals surface area (Å²) in [4.78, 5) is 15.8. The second-order valence-electron chi connectivity index (χ2n) is 4.45. The molecule has 0 amide bonds. The average Bonchev–Trinajstić information content (AvgIpc) is 2.59. The predicted molar refractivity (Wildman–Crippen MR) is 59.9 cm³/mol. The fourth-order valence-electron chi connectivity index (χ4n) is 2.13. The van der Waals surface area contributed by atoms with Crippen LogP contribution in [0.25, 0.3) is 0 Å². The molecule has 0 saturated heterocycles. The van der Waals surface area contributed by atoms with Crippen molar-refractivity contribution in [2.24, 2.45) is 13.0 Å². The molecule has 0 aromatic carbocycles. The van der Waals surface area contributed by atoms with Gasteiger partial charge in [0, 0.05) is 25.5 Å². The van der Waals surface area contributed by atoms with Crippen molar-refractivity contribution < 1.29 is 0 Å². The van der Waals surface area contributed by atoms with E-state index in [1.807, 2.05) is 0 Å². The van der Waals surface area contributed by atoms with Crippen molar-refractivity contribution in [2.75, 3.05) is 5.32 Å². The van der Waals surface area contributed by atoms with Crippen molar-refractivity contribution in [1.82, 2.24) is 9.55 Å². The third-order valence-electron chi connectivity index (χ3n) is 3.05. The number of rotatable bonds is 2. The normalized spacial score (nSPS) is 25.5. The standard InChI is InChI=1S/C11H17N3O/c1-8-3-4-9(7-8)13-10-11(15)14(2)6-5-12-10/h5-6,8-9H,3-4,7H2,1-2H3,(H,12,13). The van der Waals surface area contributed by atoms with E-state index in [0.717, 1.165) is 18.8 Å². The SMILES string of the molecule is CC1CCC(Nc2nccn(C)c2=O)C1. The first kappa shape index (κ1) is 10.2. The van der Waals surface area contributed by atoms with Crippen molar-refractivity contribution in [3.8, 4) is 0 Å². The Morgan fingerprint density at radius 1 is 1.53 bits per heavy atom. The van der Waals surface area contributed by atoms with Crippen LogP contribution in [0.3, 0.4) is 0 Å². The van der Waals surface area contributed by atoms with Gasteiger partial charge in [-0.25, -0.2) is 4.98 Å². The minimum absolute atomic E-state index is 0.0444. The number of aromatic nitrogens is 2. The molecule has 82 valence electrons. The highest BCUT2D eigenvalue weighted by atomic mass is 16.1. The van der Waals surface area contributed by atoms with E-state index in [4.69, 9.17) is 0 Å². The molecule has 1 heterocycles. The van der Waals surface area contributed by atoms with E-state index >= 15 is 0 Å². The van der Waals surface area contributed by atoms with Crippen LogP contribution < -0.4 is 10.9 Å². The number of hydrogen-bond acceptors (Lipinski definition) is 3. The summed E-state index contributed by atoms with van der Waals surface area (Å²) in [5.74, 6) is 1.24. The first-order valence-corrected chi connectivity index (χ1v) is 5.45. The minimum Gasteiger partial charge on any atom is -0.363 e. The molecular weight excluding hydrogens is 190 g/mol. The van der Waals surface area contributed by atoms with Gasteiger partial charge in [0.2, 0.25) is 0 Å². The van der Waals surface area contributed by atoms with Crippen LogP contribution in [0.4, 0.5) is 5.82 Å². The maximum atomic E-state index is 11.7. The molecular formula is C11H17N3O. The van der Waals surface area contributed by atoms with Crippen LogP contribution in [0, 0.1) is 5.92 Å². The van der Waals surface area contributed by atoms with Gasteiger partial charge in [-0.3, -0.25) is 4.79 Å². The van der Waals surface area contributed by atoms with Gasteiger partial charge in [-0.1, -0.05) is 6.92 Å². The van der Waals surface area contributed by atoms with Crippen molar-refractivity contribution in [3.63, 3.8) is 0 Å². The lowest BCUT2D eigenvalue weighted by Crippen LogP contribution is -2.26. The molecule has 2 rings (SSSR count). The molecule has 4 heteroatoms. The van der Waals surface area contributed by atoms with Crippen LogP contribution in [-0.2, 0) is 7.05 Å². The van der Waals surface area contributed by atoms with Crippen molar-refractivity contribution in [1.29, 1.82) is 0 Å². The largest absolute Gasteiger partial charge is 0.363 e. The van der Waals surface area contributed by atoms with Gasteiger partial charge in [0.1, 0.15) is 0 Å². The summed E-state index contributed by atoms with van der Waals surface area (Å²) in [6, 6.07) is 0.419. The number of nitrogens with zero attached hydrogens (tertiary/aromatic N) is 2. The summed E-state index contributed by atoms with van der Waals surface area (Å²) in [5, 5.41) is 3.24. The number of hydrogen-bond donors (Lipinski definition) is 1. The Kier molecular flexibility index (Phi) is 2.75. The van der Waals surface area contributed by atoms with Gasteiger partial charge in [-0.05, 0) is 25.2 Å². The van der Waals surface area contributed by atoms with Crippen molar-refractivity contribution in [2.45, 2.75) is 32.2 Å². The molecule has 1 aliphatic rings. The highest BCUT2D eigenvalue weighted by Gasteiger charge is 2.22. The Hall–Kier alpha value is -1.32. The monoisotopic (exact) mass is 207 g/mol. The topological polar surface area (TPSA) is 46.9 Å². The molecule has 1 saturated carbocycles. The Morgan fingerprint density at radius 2 is 2.33 bits per heavy atom. The second-order valence-corrected chi connectivity index (χ2v) is 4.45. The molecule has 1 aromatic rings. The maximum Gasteiger partial charge on any atom is 0.293 e. The van der Waals surface area contributed by atoms with E-state index in [0.29, 0.717) is 11.9 Å². The molecule has 1 aromatic heterocycles. The molecule has 0 aliphatic heterocycles. The number of nitrogens with one attached hydrogen (secondary N) is 1. The minimum atomic E-state index is -0.0444. The van der Waals surface area contributed by atoms with Crippen LogP contribution in [0.5, 0.6) is 0 Å².